The average Bonchev–Trinajstić information content (AvgIpc) is 2.88. The van der Waals surface area contributed by atoms with Crippen molar-refractivity contribution in [2.24, 2.45) is 5.73 Å². The minimum Gasteiger partial charge on any atom is -0.329 e. The van der Waals surface area contributed by atoms with Crippen molar-refractivity contribution in [1.82, 2.24) is 20.2 Å². The Morgan fingerprint density at radius 3 is 2.95 bits per heavy atom. The van der Waals surface area contributed by atoms with Gasteiger partial charge in [-0.2, -0.15) is 0 Å². The van der Waals surface area contributed by atoms with Gasteiger partial charge in [0.2, 0.25) is 11.1 Å². The van der Waals surface area contributed by atoms with Gasteiger partial charge in [-0.15, -0.1) is 5.10 Å². The molecule has 1 heterocycles. The molecule has 0 radical (unpaired) electrons. The third-order valence-corrected chi connectivity index (χ3v) is 3.79. The molecule has 0 fully saturated rings. The number of aryl methyl sites for hydroxylation is 2. The molecule has 0 saturated heterocycles. The lowest BCUT2D eigenvalue weighted by atomic mass is 10.1. The second kappa shape index (κ2) is 7.19. The van der Waals surface area contributed by atoms with Crippen molar-refractivity contribution in [3.05, 3.63) is 29.3 Å². The van der Waals surface area contributed by atoms with Crippen LogP contribution in [0.15, 0.2) is 23.4 Å². The molecule has 0 saturated carbocycles. The SMILES string of the molecule is Cc1ccc(NC(=O)CSc2nnnn2CCN)c(C)c1. The molecule has 0 unspecified atom stereocenters. The molecule has 8 heteroatoms. The molecule has 0 aliphatic carbocycles. The summed E-state index contributed by atoms with van der Waals surface area (Å²) in [6, 6.07) is 5.91. The number of amides is 1. The summed E-state index contributed by atoms with van der Waals surface area (Å²) in [5.41, 5.74) is 8.51. The van der Waals surface area contributed by atoms with Crippen molar-refractivity contribution in [1.29, 1.82) is 0 Å². The van der Waals surface area contributed by atoms with E-state index in [2.05, 4.69) is 20.8 Å². The molecule has 1 aromatic heterocycles. The summed E-state index contributed by atoms with van der Waals surface area (Å²) in [6.45, 7) is 4.98. The van der Waals surface area contributed by atoms with Crippen molar-refractivity contribution in [2.75, 3.05) is 17.6 Å². The van der Waals surface area contributed by atoms with Crippen LogP contribution in [-0.4, -0.2) is 38.4 Å². The van der Waals surface area contributed by atoms with Gasteiger partial charge in [0.1, 0.15) is 0 Å². The predicted molar refractivity (Wildman–Crippen MR) is 82.1 cm³/mol. The first-order chi connectivity index (χ1) is 10.1. The molecule has 7 nitrogen and oxygen atoms in total. The van der Waals surface area contributed by atoms with Crippen molar-refractivity contribution >= 4 is 23.4 Å². The zero-order valence-corrected chi connectivity index (χ0v) is 12.9. The molecule has 21 heavy (non-hydrogen) atoms. The molecule has 1 amide bonds. The fourth-order valence-corrected chi connectivity index (χ4v) is 2.54. The quantitative estimate of drug-likeness (QED) is 0.772. The molecule has 3 N–H and O–H groups in total. The number of carbonyl (C=O) groups is 1. The van der Waals surface area contributed by atoms with Crippen LogP contribution in [0.3, 0.4) is 0 Å². The van der Waals surface area contributed by atoms with Crippen LogP contribution in [0.1, 0.15) is 11.1 Å². The number of nitrogens with two attached hydrogens (primary N) is 1. The number of rotatable bonds is 6. The third-order valence-electron chi connectivity index (χ3n) is 2.83. The maximum Gasteiger partial charge on any atom is 0.234 e. The van der Waals surface area contributed by atoms with Crippen LogP contribution in [0, 0.1) is 13.8 Å². The number of benzene rings is 1. The van der Waals surface area contributed by atoms with Gasteiger partial charge in [-0.3, -0.25) is 4.79 Å². The van der Waals surface area contributed by atoms with Crippen LogP contribution in [0.25, 0.3) is 0 Å². The van der Waals surface area contributed by atoms with Gasteiger partial charge < -0.3 is 11.1 Å². The van der Waals surface area contributed by atoms with Gasteiger partial charge in [-0.05, 0) is 35.9 Å². The Bertz CT molecular complexity index is 627. The third kappa shape index (κ3) is 4.27. The Balaban J connectivity index is 1.91. The molecule has 0 bridgehead atoms. The van der Waals surface area contributed by atoms with Gasteiger partial charge in [-0.1, -0.05) is 29.5 Å². The second-order valence-electron chi connectivity index (χ2n) is 4.63. The van der Waals surface area contributed by atoms with Crippen molar-refractivity contribution < 1.29 is 4.79 Å². The molecule has 1 aromatic carbocycles. The molecule has 0 aliphatic rings. The number of anilines is 1. The molecule has 2 aromatic rings. The average molecular weight is 306 g/mol. The van der Waals surface area contributed by atoms with Crippen molar-refractivity contribution in [3.8, 4) is 0 Å². The Morgan fingerprint density at radius 1 is 1.43 bits per heavy atom. The molecular formula is C13H18N6OS. The van der Waals surface area contributed by atoms with Crippen LogP contribution in [-0.2, 0) is 11.3 Å². The summed E-state index contributed by atoms with van der Waals surface area (Å²) >= 11 is 1.29. The molecule has 0 spiro atoms. The predicted octanol–water partition coefficient (Wildman–Crippen LogP) is 0.979. The fourth-order valence-electron chi connectivity index (χ4n) is 1.83. The summed E-state index contributed by atoms with van der Waals surface area (Å²) in [4.78, 5) is 12.0. The fraction of sp³-hybridized carbons (Fsp3) is 0.385. The number of hydrogen-bond donors (Lipinski definition) is 2. The lowest BCUT2D eigenvalue weighted by Crippen LogP contribution is -2.16. The minimum atomic E-state index is -0.0887. The Labute approximate surface area is 127 Å². The maximum atomic E-state index is 12.0. The number of thioether (sulfide) groups is 1. The molecule has 2 rings (SSSR count). The molecule has 112 valence electrons. The van der Waals surface area contributed by atoms with E-state index in [4.69, 9.17) is 5.73 Å². The number of hydrogen-bond acceptors (Lipinski definition) is 6. The van der Waals surface area contributed by atoms with E-state index in [0.717, 1.165) is 11.3 Å². The zero-order chi connectivity index (χ0) is 15.2. The van der Waals surface area contributed by atoms with Gasteiger partial charge in [0.05, 0.1) is 12.3 Å². The smallest absolute Gasteiger partial charge is 0.234 e. The van der Waals surface area contributed by atoms with Crippen LogP contribution < -0.4 is 11.1 Å². The molecule has 0 atom stereocenters. The van der Waals surface area contributed by atoms with Crippen LogP contribution >= 0.6 is 11.8 Å². The largest absolute Gasteiger partial charge is 0.329 e. The number of nitrogens with zero attached hydrogens (tertiary/aromatic N) is 4. The summed E-state index contributed by atoms with van der Waals surface area (Å²) in [5, 5.41) is 14.8. The lowest BCUT2D eigenvalue weighted by molar-refractivity contribution is -0.113. The van der Waals surface area contributed by atoms with Crippen molar-refractivity contribution in [2.45, 2.75) is 25.5 Å². The first-order valence-electron chi connectivity index (χ1n) is 6.56. The van der Waals surface area contributed by atoms with Crippen LogP contribution in [0.2, 0.25) is 0 Å². The highest BCUT2D eigenvalue weighted by Gasteiger charge is 2.10. The van der Waals surface area contributed by atoms with Gasteiger partial charge in [0.25, 0.3) is 0 Å². The van der Waals surface area contributed by atoms with E-state index in [-0.39, 0.29) is 11.7 Å². The highest BCUT2D eigenvalue weighted by molar-refractivity contribution is 7.99. The Kier molecular flexibility index (Phi) is 5.29. The number of aromatic nitrogens is 4. The monoisotopic (exact) mass is 306 g/mol. The van der Waals surface area contributed by atoms with Gasteiger partial charge in [0.15, 0.2) is 0 Å². The number of tetrazole rings is 1. The minimum absolute atomic E-state index is 0.0887. The highest BCUT2D eigenvalue weighted by Crippen LogP contribution is 2.18. The van der Waals surface area contributed by atoms with E-state index in [1.165, 1.54) is 17.3 Å². The van der Waals surface area contributed by atoms with Gasteiger partial charge >= 0.3 is 0 Å². The first kappa shape index (κ1) is 15.5. The summed E-state index contributed by atoms with van der Waals surface area (Å²) in [7, 11) is 0. The molecule has 0 aliphatic heterocycles. The van der Waals surface area contributed by atoms with Crippen LogP contribution in [0.5, 0.6) is 0 Å². The summed E-state index contributed by atoms with van der Waals surface area (Å²) in [6.07, 6.45) is 0. The number of nitrogens with one attached hydrogen (secondary N) is 1. The van der Waals surface area contributed by atoms with Gasteiger partial charge in [0, 0.05) is 12.2 Å². The summed E-state index contributed by atoms with van der Waals surface area (Å²) < 4.78 is 1.59. The van der Waals surface area contributed by atoms with E-state index < -0.39 is 0 Å². The molecular weight excluding hydrogens is 288 g/mol. The Morgan fingerprint density at radius 2 is 2.24 bits per heavy atom. The zero-order valence-electron chi connectivity index (χ0n) is 12.0. The Hall–Kier alpha value is -1.93. The summed E-state index contributed by atoms with van der Waals surface area (Å²) in [5.74, 6) is 0.160. The maximum absolute atomic E-state index is 12.0. The normalized spacial score (nSPS) is 10.6. The van der Waals surface area contributed by atoms with E-state index in [0.29, 0.717) is 18.2 Å². The topological polar surface area (TPSA) is 98.7 Å². The number of carbonyl (C=O) groups excluding carboxylic acids is 1. The standard InChI is InChI=1S/C13H18N6OS/c1-9-3-4-11(10(2)7-9)15-12(20)8-21-13-16-17-18-19(13)6-5-14/h3-4,7H,5-6,8,14H2,1-2H3,(H,15,20). The van der Waals surface area contributed by atoms with E-state index >= 15 is 0 Å². The van der Waals surface area contributed by atoms with E-state index in [9.17, 15) is 4.79 Å². The first-order valence-corrected chi connectivity index (χ1v) is 7.55. The van der Waals surface area contributed by atoms with Crippen molar-refractivity contribution in [3.63, 3.8) is 0 Å². The highest BCUT2D eigenvalue weighted by atomic mass is 32.2. The van der Waals surface area contributed by atoms with E-state index in [1.807, 2.05) is 32.0 Å². The van der Waals surface area contributed by atoms with E-state index in [1.54, 1.807) is 4.68 Å². The van der Waals surface area contributed by atoms with Gasteiger partial charge in [-0.25, -0.2) is 4.68 Å². The van der Waals surface area contributed by atoms with Crippen LogP contribution in [0.4, 0.5) is 5.69 Å². The second-order valence-corrected chi connectivity index (χ2v) is 5.57. The lowest BCUT2D eigenvalue weighted by Gasteiger charge is -2.08.